The normalized spacial score (nSPS) is 10.7. The van der Waals surface area contributed by atoms with Gasteiger partial charge in [-0.25, -0.2) is 9.97 Å². The first kappa shape index (κ1) is 17.1. The van der Waals surface area contributed by atoms with Crippen molar-refractivity contribution >= 4 is 33.1 Å². The summed E-state index contributed by atoms with van der Waals surface area (Å²) in [4.78, 5) is 20.5. The minimum atomic E-state index is -0.823. The summed E-state index contributed by atoms with van der Waals surface area (Å²) in [7, 11) is 1.30. The molecule has 0 atom stereocenters. The highest BCUT2D eigenvalue weighted by molar-refractivity contribution is 7.21. The molecule has 0 aliphatic heterocycles. The van der Waals surface area contributed by atoms with E-state index in [1.807, 2.05) is 36.4 Å². The summed E-state index contributed by atoms with van der Waals surface area (Å²) in [5.74, 6) is -1.47. The van der Waals surface area contributed by atoms with Gasteiger partial charge in [-0.3, -0.25) is 4.79 Å². The fourth-order valence-corrected chi connectivity index (χ4v) is 3.66. The van der Waals surface area contributed by atoms with Crippen LogP contribution in [0.2, 0.25) is 0 Å². The number of fused-ring (bicyclic) bond motifs is 1. The number of rotatable bonds is 4. The molecule has 2 heterocycles. The van der Waals surface area contributed by atoms with Crippen LogP contribution in [0.4, 0.5) is 10.1 Å². The predicted molar refractivity (Wildman–Crippen MR) is 104 cm³/mol. The van der Waals surface area contributed by atoms with E-state index in [1.165, 1.54) is 19.4 Å². The Balaban J connectivity index is 1.56. The molecule has 1 N–H and O–H groups in total. The third kappa shape index (κ3) is 3.37. The SMILES string of the molecule is COc1c(C(=O)Nc2ccc(-c3nc4ccccc4s3)cc2)ccnc1F. The molecule has 0 unspecified atom stereocenters. The molecule has 0 aliphatic carbocycles. The van der Waals surface area contributed by atoms with Gasteiger partial charge in [0.1, 0.15) is 5.01 Å². The third-order valence-corrected chi connectivity index (χ3v) is 5.08. The number of anilines is 1. The Morgan fingerprint density at radius 1 is 1.11 bits per heavy atom. The number of para-hydroxylation sites is 1. The van der Waals surface area contributed by atoms with Crippen molar-refractivity contribution in [3.05, 3.63) is 72.3 Å². The van der Waals surface area contributed by atoms with Crippen molar-refractivity contribution in [2.45, 2.75) is 0 Å². The second-order valence-electron chi connectivity index (χ2n) is 5.70. The van der Waals surface area contributed by atoms with Gasteiger partial charge in [0.2, 0.25) is 0 Å². The second-order valence-corrected chi connectivity index (χ2v) is 6.73. The van der Waals surface area contributed by atoms with Gasteiger partial charge in [-0.05, 0) is 42.5 Å². The molecule has 0 saturated heterocycles. The number of aromatic nitrogens is 2. The number of methoxy groups -OCH3 is 1. The molecule has 5 nitrogen and oxygen atoms in total. The molecule has 27 heavy (non-hydrogen) atoms. The molecule has 0 bridgehead atoms. The Kier molecular flexibility index (Phi) is 4.52. The summed E-state index contributed by atoms with van der Waals surface area (Å²) in [6, 6.07) is 16.7. The first-order chi connectivity index (χ1) is 13.2. The van der Waals surface area contributed by atoms with Gasteiger partial charge in [0.15, 0.2) is 5.75 Å². The lowest BCUT2D eigenvalue weighted by atomic mass is 10.2. The fourth-order valence-electron chi connectivity index (χ4n) is 2.69. The Morgan fingerprint density at radius 3 is 2.63 bits per heavy atom. The zero-order valence-corrected chi connectivity index (χ0v) is 15.1. The van der Waals surface area contributed by atoms with Crippen molar-refractivity contribution in [3.63, 3.8) is 0 Å². The highest BCUT2D eigenvalue weighted by Gasteiger charge is 2.17. The third-order valence-electron chi connectivity index (χ3n) is 3.99. The van der Waals surface area contributed by atoms with Crippen LogP contribution in [0.25, 0.3) is 20.8 Å². The van der Waals surface area contributed by atoms with Gasteiger partial charge >= 0.3 is 0 Å². The van der Waals surface area contributed by atoms with Crippen LogP contribution in [0.5, 0.6) is 5.75 Å². The average molecular weight is 379 g/mol. The zero-order valence-electron chi connectivity index (χ0n) is 14.3. The monoisotopic (exact) mass is 379 g/mol. The Bertz CT molecular complexity index is 1090. The number of halogens is 1. The summed E-state index contributed by atoms with van der Waals surface area (Å²) in [6.07, 6.45) is 1.23. The minimum absolute atomic E-state index is 0.0836. The van der Waals surface area contributed by atoms with Gasteiger partial charge < -0.3 is 10.1 Å². The van der Waals surface area contributed by atoms with Gasteiger partial charge in [-0.15, -0.1) is 11.3 Å². The van der Waals surface area contributed by atoms with Crippen LogP contribution in [-0.2, 0) is 0 Å². The molecule has 0 aliphatic rings. The van der Waals surface area contributed by atoms with E-state index < -0.39 is 11.9 Å². The molecule has 7 heteroatoms. The van der Waals surface area contributed by atoms with Crippen LogP contribution < -0.4 is 10.1 Å². The van der Waals surface area contributed by atoms with Crippen LogP contribution in [0.15, 0.2) is 60.8 Å². The summed E-state index contributed by atoms with van der Waals surface area (Å²) >= 11 is 1.61. The van der Waals surface area contributed by atoms with E-state index in [2.05, 4.69) is 15.3 Å². The fraction of sp³-hybridized carbons (Fsp3) is 0.0500. The molecule has 0 spiro atoms. The van der Waals surface area contributed by atoms with Gasteiger partial charge in [0, 0.05) is 17.4 Å². The molecular weight excluding hydrogens is 365 g/mol. The molecule has 4 rings (SSSR count). The molecule has 0 radical (unpaired) electrons. The van der Waals surface area contributed by atoms with E-state index in [9.17, 15) is 9.18 Å². The predicted octanol–water partition coefficient (Wildman–Crippen LogP) is 4.76. The lowest BCUT2D eigenvalue weighted by Crippen LogP contribution is -2.14. The van der Waals surface area contributed by atoms with E-state index in [0.29, 0.717) is 5.69 Å². The van der Waals surface area contributed by atoms with Gasteiger partial charge in [0.25, 0.3) is 11.9 Å². The number of nitrogens with zero attached hydrogens (tertiary/aromatic N) is 2. The Morgan fingerprint density at radius 2 is 1.89 bits per heavy atom. The summed E-state index contributed by atoms with van der Waals surface area (Å²) < 4.78 is 19.7. The molecule has 0 saturated carbocycles. The number of nitrogens with one attached hydrogen (secondary N) is 1. The number of amides is 1. The standard InChI is InChI=1S/C20H14FN3O2S/c1-26-17-14(10-11-22-18(17)21)19(25)23-13-8-6-12(7-9-13)20-24-15-4-2-3-5-16(15)27-20/h2-11H,1H3,(H,23,25). The van der Waals surface area contributed by atoms with Crippen molar-refractivity contribution < 1.29 is 13.9 Å². The first-order valence-corrected chi connectivity index (χ1v) is 8.93. The van der Waals surface area contributed by atoms with Gasteiger partial charge in [0.05, 0.1) is 22.9 Å². The second kappa shape index (κ2) is 7.13. The lowest BCUT2D eigenvalue weighted by Gasteiger charge is -2.09. The van der Waals surface area contributed by atoms with E-state index in [-0.39, 0.29) is 11.3 Å². The van der Waals surface area contributed by atoms with Gasteiger partial charge in [-0.1, -0.05) is 12.1 Å². The minimum Gasteiger partial charge on any atom is -0.491 e. The van der Waals surface area contributed by atoms with Crippen LogP contribution in [0.1, 0.15) is 10.4 Å². The number of hydrogen-bond acceptors (Lipinski definition) is 5. The molecule has 2 aromatic heterocycles. The van der Waals surface area contributed by atoms with Crippen molar-refractivity contribution in [2.75, 3.05) is 12.4 Å². The smallest absolute Gasteiger partial charge is 0.259 e. The van der Waals surface area contributed by atoms with Crippen molar-refractivity contribution in [3.8, 4) is 16.3 Å². The van der Waals surface area contributed by atoms with Crippen molar-refractivity contribution in [2.24, 2.45) is 0 Å². The number of carbonyl (C=O) groups is 1. The number of thiazole rings is 1. The molecule has 4 aromatic rings. The summed E-state index contributed by atoms with van der Waals surface area (Å²) in [5.41, 5.74) is 2.59. The highest BCUT2D eigenvalue weighted by Crippen LogP contribution is 2.30. The van der Waals surface area contributed by atoms with Gasteiger partial charge in [-0.2, -0.15) is 4.39 Å². The largest absolute Gasteiger partial charge is 0.491 e. The summed E-state index contributed by atoms with van der Waals surface area (Å²) in [5, 5.41) is 3.64. The quantitative estimate of drug-likeness (QED) is 0.519. The maximum Gasteiger partial charge on any atom is 0.259 e. The molecule has 134 valence electrons. The van der Waals surface area contributed by atoms with Crippen molar-refractivity contribution in [1.82, 2.24) is 9.97 Å². The van der Waals surface area contributed by atoms with E-state index in [4.69, 9.17) is 4.74 Å². The Labute approximate surface area is 158 Å². The molecular formula is C20H14FN3O2S. The molecule has 0 fully saturated rings. The number of pyridine rings is 1. The van der Waals surface area contributed by atoms with E-state index in [1.54, 1.807) is 23.5 Å². The van der Waals surface area contributed by atoms with Crippen LogP contribution in [0.3, 0.4) is 0 Å². The number of hydrogen-bond donors (Lipinski definition) is 1. The maximum absolute atomic E-state index is 13.7. The van der Waals surface area contributed by atoms with Crippen LogP contribution in [0, 0.1) is 5.95 Å². The van der Waals surface area contributed by atoms with Crippen molar-refractivity contribution in [1.29, 1.82) is 0 Å². The average Bonchev–Trinajstić information content (AvgIpc) is 3.12. The highest BCUT2D eigenvalue weighted by atomic mass is 32.1. The Hall–Kier alpha value is -3.32. The van der Waals surface area contributed by atoms with E-state index >= 15 is 0 Å². The summed E-state index contributed by atoms with van der Waals surface area (Å²) in [6.45, 7) is 0. The number of ether oxygens (including phenoxy) is 1. The molecule has 1 amide bonds. The first-order valence-electron chi connectivity index (χ1n) is 8.11. The zero-order chi connectivity index (χ0) is 18.8. The molecule has 2 aromatic carbocycles. The van der Waals surface area contributed by atoms with E-state index in [0.717, 1.165) is 20.8 Å². The van der Waals surface area contributed by atoms with Crippen LogP contribution in [-0.4, -0.2) is 23.0 Å². The number of benzene rings is 2. The maximum atomic E-state index is 13.7. The lowest BCUT2D eigenvalue weighted by molar-refractivity contribution is 0.102. The van der Waals surface area contributed by atoms with Crippen LogP contribution >= 0.6 is 11.3 Å². The topological polar surface area (TPSA) is 64.1 Å². The number of carbonyl (C=O) groups excluding carboxylic acids is 1.